The number of carbonyl (C=O) groups is 2. The zero-order valence-electron chi connectivity index (χ0n) is 16.9. The van der Waals surface area contributed by atoms with E-state index in [1.165, 1.54) is 0 Å². The first-order chi connectivity index (χ1) is 12.5. The fourth-order valence-corrected chi connectivity index (χ4v) is 3.58. The molecule has 0 saturated heterocycles. The lowest BCUT2D eigenvalue weighted by atomic mass is 9.86. The van der Waals surface area contributed by atoms with Crippen LogP contribution in [0.15, 0.2) is 0 Å². The monoisotopic (exact) mass is 390 g/mol. The topological polar surface area (TPSA) is 78.9 Å². The van der Waals surface area contributed by atoms with Gasteiger partial charge in [0.1, 0.15) is 12.6 Å². The van der Waals surface area contributed by atoms with E-state index in [0.717, 1.165) is 51.1 Å². The molecule has 0 aromatic rings. The van der Waals surface area contributed by atoms with Crippen molar-refractivity contribution in [3.63, 3.8) is 0 Å². The van der Waals surface area contributed by atoms with E-state index in [9.17, 15) is 14.5 Å². The van der Waals surface area contributed by atoms with Crippen molar-refractivity contribution in [1.29, 1.82) is 0 Å². The van der Waals surface area contributed by atoms with Crippen LogP contribution >= 0.6 is 8.60 Å². The summed E-state index contributed by atoms with van der Waals surface area (Å²) in [5.41, 5.74) is 0. The summed E-state index contributed by atoms with van der Waals surface area (Å²) in [5, 5.41) is 0. The molecular weight excluding hydrogens is 353 g/mol. The summed E-state index contributed by atoms with van der Waals surface area (Å²) in [5.74, 6) is -0.871. The van der Waals surface area contributed by atoms with Gasteiger partial charge in [-0.1, -0.05) is 52.4 Å². The molecule has 0 spiro atoms. The Labute approximate surface area is 160 Å². The molecular formula is C19H37NO5P-. The number of hydrogen-bond acceptors (Lipinski definition) is 6. The van der Waals surface area contributed by atoms with Crippen LogP contribution in [0.2, 0.25) is 0 Å². The molecule has 26 heavy (non-hydrogen) atoms. The van der Waals surface area contributed by atoms with E-state index < -0.39 is 26.5 Å². The van der Waals surface area contributed by atoms with Crippen LogP contribution < -0.4 is 4.89 Å². The SMILES string of the molecule is CCCCCC(C=O)C(OP([O-])OCCN(C)C)C(C=O)CCCCC. The molecule has 0 bridgehead atoms. The summed E-state index contributed by atoms with van der Waals surface area (Å²) in [6.45, 7) is 5.09. The Kier molecular flexibility index (Phi) is 16.5. The lowest BCUT2D eigenvalue weighted by molar-refractivity contribution is -0.211. The smallest absolute Gasteiger partial charge is 0.125 e. The molecule has 3 unspecified atom stereocenters. The van der Waals surface area contributed by atoms with Crippen LogP contribution in [0.1, 0.15) is 65.2 Å². The molecule has 7 heteroatoms. The molecule has 0 aromatic heterocycles. The van der Waals surface area contributed by atoms with E-state index in [-0.39, 0.29) is 6.61 Å². The van der Waals surface area contributed by atoms with Gasteiger partial charge in [0.2, 0.25) is 0 Å². The van der Waals surface area contributed by atoms with Gasteiger partial charge in [0.25, 0.3) is 0 Å². The maximum Gasteiger partial charge on any atom is 0.125 e. The van der Waals surface area contributed by atoms with Crippen molar-refractivity contribution in [3.8, 4) is 0 Å². The number of nitrogens with zero attached hydrogens (tertiary/aromatic N) is 1. The van der Waals surface area contributed by atoms with Crippen molar-refractivity contribution in [2.75, 3.05) is 27.2 Å². The molecule has 6 nitrogen and oxygen atoms in total. The fourth-order valence-electron chi connectivity index (χ4n) is 2.78. The number of carbonyl (C=O) groups excluding carboxylic acids is 2. The van der Waals surface area contributed by atoms with E-state index in [4.69, 9.17) is 9.05 Å². The second-order valence-electron chi connectivity index (χ2n) is 7.02. The number of unbranched alkanes of at least 4 members (excludes halogenated alkanes) is 4. The Morgan fingerprint density at radius 2 is 1.46 bits per heavy atom. The largest absolute Gasteiger partial charge is 0.786 e. The molecule has 0 N–H and O–H groups in total. The van der Waals surface area contributed by atoms with Gasteiger partial charge >= 0.3 is 0 Å². The van der Waals surface area contributed by atoms with Gasteiger partial charge in [0.05, 0.1) is 21.3 Å². The molecule has 0 rings (SSSR count). The summed E-state index contributed by atoms with van der Waals surface area (Å²) in [6, 6.07) is 0. The third kappa shape index (κ3) is 12.1. The van der Waals surface area contributed by atoms with Crippen LogP contribution in [-0.4, -0.2) is 50.8 Å². The molecule has 0 saturated carbocycles. The quantitative estimate of drug-likeness (QED) is 0.203. The minimum absolute atomic E-state index is 0.276. The first-order valence-corrected chi connectivity index (χ1v) is 10.9. The van der Waals surface area contributed by atoms with Crippen LogP contribution in [0.25, 0.3) is 0 Å². The highest BCUT2D eigenvalue weighted by molar-refractivity contribution is 7.39. The van der Waals surface area contributed by atoms with Crippen LogP contribution in [0.4, 0.5) is 0 Å². The highest BCUT2D eigenvalue weighted by atomic mass is 31.2. The minimum Gasteiger partial charge on any atom is -0.786 e. The first kappa shape index (κ1) is 25.6. The zero-order chi connectivity index (χ0) is 19.8. The minimum atomic E-state index is -2.36. The van der Waals surface area contributed by atoms with Gasteiger partial charge in [-0.05, 0) is 26.9 Å². The third-order valence-corrected chi connectivity index (χ3v) is 5.23. The molecule has 0 aliphatic rings. The van der Waals surface area contributed by atoms with Gasteiger partial charge < -0.3 is 28.4 Å². The molecule has 0 heterocycles. The van der Waals surface area contributed by atoms with E-state index in [2.05, 4.69) is 13.8 Å². The van der Waals surface area contributed by atoms with Gasteiger partial charge in [-0.15, -0.1) is 0 Å². The summed E-state index contributed by atoms with van der Waals surface area (Å²) in [7, 11) is 1.43. The van der Waals surface area contributed by atoms with Gasteiger partial charge in [0, 0.05) is 18.4 Å². The highest BCUT2D eigenvalue weighted by Crippen LogP contribution is 2.36. The summed E-state index contributed by atoms with van der Waals surface area (Å²) in [4.78, 5) is 37.4. The first-order valence-electron chi connectivity index (χ1n) is 9.82. The number of rotatable bonds is 18. The predicted octanol–water partition coefficient (Wildman–Crippen LogP) is 3.33. The molecule has 154 valence electrons. The van der Waals surface area contributed by atoms with Crippen molar-refractivity contribution in [2.24, 2.45) is 11.8 Å². The summed E-state index contributed by atoms with van der Waals surface area (Å²) < 4.78 is 10.8. The van der Waals surface area contributed by atoms with E-state index in [0.29, 0.717) is 19.4 Å². The normalized spacial score (nSPS) is 16.2. The summed E-state index contributed by atoms with van der Waals surface area (Å²) in [6.07, 6.45) is 8.20. The Morgan fingerprint density at radius 3 is 1.85 bits per heavy atom. The lowest BCUT2D eigenvalue weighted by Gasteiger charge is -2.34. The average molecular weight is 390 g/mol. The van der Waals surface area contributed by atoms with Crippen molar-refractivity contribution in [2.45, 2.75) is 71.3 Å². The molecule has 0 aliphatic carbocycles. The van der Waals surface area contributed by atoms with Crippen molar-refractivity contribution < 1.29 is 23.5 Å². The molecule has 0 amide bonds. The standard InChI is InChI=1S/C19H37NO5P/c1-5-7-9-11-17(15-21)19(18(16-22)12-10-8-6-2)25-26(23)24-14-13-20(3)4/h15-19H,5-14H2,1-4H3/q-1. The third-order valence-electron chi connectivity index (χ3n) is 4.42. The molecule has 0 radical (unpaired) electrons. The van der Waals surface area contributed by atoms with Gasteiger partial charge in [-0.2, -0.15) is 0 Å². The van der Waals surface area contributed by atoms with Crippen molar-refractivity contribution in [1.82, 2.24) is 4.90 Å². The van der Waals surface area contributed by atoms with Crippen LogP contribution in [0.5, 0.6) is 0 Å². The highest BCUT2D eigenvalue weighted by Gasteiger charge is 2.30. The van der Waals surface area contributed by atoms with Crippen LogP contribution in [-0.2, 0) is 18.6 Å². The number of likely N-dealkylation sites (N-methyl/N-ethyl adjacent to an activating group) is 1. The van der Waals surface area contributed by atoms with E-state index >= 15 is 0 Å². The van der Waals surface area contributed by atoms with E-state index in [1.54, 1.807) is 0 Å². The second kappa shape index (κ2) is 16.8. The predicted molar refractivity (Wildman–Crippen MR) is 104 cm³/mol. The number of hydrogen-bond donors (Lipinski definition) is 0. The van der Waals surface area contributed by atoms with Crippen LogP contribution in [0, 0.1) is 11.8 Å². The molecule has 3 atom stereocenters. The molecule has 0 fully saturated rings. The maximum atomic E-state index is 12.2. The zero-order valence-corrected chi connectivity index (χ0v) is 17.8. The van der Waals surface area contributed by atoms with Gasteiger partial charge in [0.15, 0.2) is 0 Å². The van der Waals surface area contributed by atoms with Crippen molar-refractivity contribution >= 4 is 21.2 Å². The van der Waals surface area contributed by atoms with Crippen LogP contribution in [0.3, 0.4) is 0 Å². The van der Waals surface area contributed by atoms with E-state index in [1.807, 2.05) is 19.0 Å². The molecule has 0 aliphatic heterocycles. The number of aldehydes is 2. The Hall–Kier alpha value is -0.390. The summed E-state index contributed by atoms with van der Waals surface area (Å²) >= 11 is 0. The Bertz CT molecular complexity index is 335. The van der Waals surface area contributed by atoms with Gasteiger partial charge in [-0.3, -0.25) is 0 Å². The van der Waals surface area contributed by atoms with Crippen molar-refractivity contribution in [3.05, 3.63) is 0 Å². The Morgan fingerprint density at radius 1 is 0.962 bits per heavy atom. The van der Waals surface area contributed by atoms with Gasteiger partial charge in [-0.25, -0.2) is 0 Å². The second-order valence-corrected chi connectivity index (χ2v) is 7.94. The Balaban J connectivity index is 4.91. The lowest BCUT2D eigenvalue weighted by Crippen LogP contribution is -2.34. The fraction of sp³-hybridized carbons (Fsp3) is 0.895. The molecule has 0 aromatic carbocycles. The maximum absolute atomic E-state index is 12.2. The average Bonchev–Trinajstić information content (AvgIpc) is 2.61.